The van der Waals surface area contributed by atoms with Crippen LogP contribution in [0.3, 0.4) is 0 Å². The first-order chi connectivity index (χ1) is 4.56. The van der Waals surface area contributed by atoms with Crippen molar-refractivity contribution in [2.45, 2.75) is 34.1 Å². The molecule has 0 aromatic carbocycles. The summed E-state index contributed by atoms with van der Waals surface area (Å²) in [4.78, 5) is 0. The third-order valence-electron chi connectivity index (χ3n) is 1.09. The predicted octanol–water partition coefficient (Wildman–Crippen LogP) is 2.97. The Labute approximate surface area is 64.1 Å². The first kappa shape index (κ1) is 9.54. The lowest BCUT2D eigenvalue weighted by Crippen LogP contribution is -2.01. The zero-order valence-corrected chi connectivity index (χ0v) is 7.48. The fourth-order valence-electron chi connectivity index (χ4n) is 0.566. The van der Waals surface area contributed by atoms with Crippen molar-refractivity contribution in [1.82, 2.24) is 0 Å². The molecule has 0 unspecified atom stereocenters. The van der Waals surface area contributed by atoms with Crippen molar-refractivity contribution in [2.24, 2.45) is 5.41 Å². The van der Waals surface area contributed by atoms with Gasteiger partial charge in [-0.3, -0.25) is 0 Å². The van der Waals surface area contributed by atoms with Crippen LogP contribution in [0.4, 0.5) is 0 Å². The quantitative estimate of drug-likeness (QED) is 0.550. The standard InChI is InChI=1S/C9H18O/c1-5-10-8-6-7-9(2,3)4/h6,8H,5,7H2,1-4H3/b8-6+. The largest absolute Gasteiger partial charge is 0.502 e. The van der Waals surface area contributed by atoms with E-state index in [1.165, 1.54) is 0 Å². The molecule has 0 aromatic rings. The van der Waals surface area contributed by atoms with Gasteiger partial charge in [0.15, 0.2) is 0 Å². The topological polar surface area (TPSA) is 9.23 Å². The summed E-state index contributed by atoms with van der Waals surface area (Å²) in [5.41, 5.74) is 0.383. The van der Waals surface area contributed by atoms with Crippen LogP contribution in [-0.2, 0) is 4.74 Å². The molecule has 10 heavy (non-hydrogen) atoms. The second-order valence-corrected chi connectivity index (χ2v) is 3.59. The van der Waals surface area contributed by atoms with Crippen molar-refractivity contribution in [3.8, 4) is 0 Å². The minimum Gasteiger partial charge on any atom is -0.502 e. The highest BCUT2D eigenvalue weighted by molar-refractivity contribution is 4.79. The van der Waals surface area contributed by atoms with Gasteiger partial charge in [-0.05, 0) is 24.8 Å². The van der Waals surface area contributed by atoms with Crippen LogP contribution in [0, 0.1) is 5.41 Å². The van der Waals surface area contributed by atoms with E-state index >= 15 is 0 Å². The average Bonchev–Trinajstić information content (AvgIpc) is 1.78. The maximum atomic E-state index is 5.05. The van der Waals surface area contributed by atoms with Crippen LogP contribution in [0.2, 0.25) is 0 Å². The molecule has 0 aliphatic carbocycles. The maximum Gasteiger partial charge on any atom is 0.0845 e. The van der Waals surface area contributed by atoms with E-state index in [0.29, 0.717) is 5.41 Å². The Balaban J connectivity index is 3.34. The lowest BCUT2D eigenvalue weighted by molar-refractivity contribution is 0.265. The van der Waals surface area contributed by atoms with Crippen molar-refractivity contribution < 1.29 is 4.74 Å². The van der Waals surface area contributed by atoms with Crippen molar-refractivity contribution in [1.29, 1.82) is 0 Å². The molecule has 0 aromatic heterocycles. The highest BCUT2D eigenvalue weighted by Gasteiger charge is 2.05. The Kier molecular flexibility index (Phi) is 4.17. The molecule has 1 heteroatoms. The van der Waals surface area contributed by atoms with Crippen LogP contribution in [0.1, 0.15) is 34.1 Å². The number of allylic oxidation sites excluding steroid dienone is 1. The Hall–Kier alpha value is -0.460. The molecular weight excluding hydrogens is 124 g/mol. The molecule has 0 heterocycles. The van der Waals surface area contributed by atoms with E-state index in [1.807, 2.05) is 6.92 Å². The number of hydrogen-bond acceptors (Lipinski definition) is 1. The highest BCUT2D eigenvalue weighted by atomic mass is 16.5. The minimum atomic E-state index is 0.383. The predicted molar refractivity (Wildman–Crippen MR) is 44.8 cm³/mol. The second kappa shape index (κ2) is 4.37. The van der Waals surface area contributed by atoms with E-state index in [-0.39, 0.29) is 0 Å². The molecule has 0 saturated heterocycles. The summed E-state index contributed by atoms with van der Waals surface area (Å²) in [6.45, 7) is 9.39. The fourth-order valence-corrected chi connectivity index (χ4v) is 0.566. The van der Waals surface area contributed by atoms with Crippen LogP contribution in [-0.4, -0.2) is 6.61 Å². The zero-order valence-electron chi connectivity index (χ0n) is 7.48. The molecule has 0 bridgehead atoms. The molecule has 1 nitrogen and oxygen atoms in total. The minimum absolute atomic E-state index is 0.383. The van der Waals surface area contributed by atoms with E-state index in [4.69, 9.17) is 4.74 Å². The van der Waals surface area contributed by atoms with Crippen LogP contribution < -0.4 is 0 Å². The normalized spacial score (nSPS) is 12.4. The summed E-state index contributed by atoms with van der Waals surface area (Å²) < 4.78 is 5.05. The molecule has 60 valence electrons. The molecule has 0 spiro atoms. The average molecular weight is 142 g/mol. The Morgan fingerprint density at radius 1 is 1.30 bits per heavy atom. The number of ether oxygens (including phenoxy) is 1. The monoisotopic (exact) mass is 142 g/mol. The molecule has 0 radical (unpaired) electrons. The number of hydrogen-bond donors (Lipinski definition) is 0. The summed E-state index contributed by atoms with van der Waals surface area (Å²) in [7, 11) is 0. The molecule has 0 fully saturated rings. The molecule has 0 aliphatic heterocycles. The van der Waals surface area contributed by atoms with Gasteiger partial charge in [0.05, 0.1) is 12.9 Å². The summed E-state index contributed by atoms with van der Waals surface area (Å²) >= 11 is 0. The van der Waals surface area contributed by atoms with E-state index in [0.717, 1.165) is 13.0 Å². The fraction of sp³-hybridized carbons (Fsp3) is 0.778. The van der Waals surface area contributed by atoms with Crippen molar-refractivity contribution >= 4 is 0 Å². The zero-order chi connectivity index (χ0) is 8.04. The third kappa shape index (κ3) is 7.54. The third-order valence-corrected chi connectivity index (χ3v) is 1.09. The maximum absolute atomic E-state index is 5.05. The SMILES string of the molecule is CCO/C=C/CC(C)(C)C. The smallest absolute Gasteiger partial charge is 0.0845 e. The summed E-state index contributed by atoms with van der Waals surface area (Å²) in [5, 5.41) is 0. The highest BCUT2D eigenvalue weighted by Crippen LogP contribution is 2.18. The lowest BCUT2D eigenvalue weighted by Gasteiger charge is -2.14. The lowest BCUT2D eigenvalue weighted by atomic mass is 9.93. The first-order valence-corrected chi connectivity index (χ1v) is 3.83. The molecule has 0 N–H and O–H groups in total. The van der Waals surface area contributed by atoms with Gasteiger partial charge in [0.25, 0.3) is 0 Å². The van der Waals surface area contributed by atoms with Gasteiger partial charge in [-0.15, -0.1) is 0 Å². The van der Waals surface area contributed by atoms with Gasteiger partial charge in [0.2, 0.25) is 0 Å². The van der Waals surface area contributed by atoms with Gasteiger partial charge >= 0.3 is 0 Å². The van der Waals surface area contributed by atoms with Crippen LogP contribution in [0.25, 0.3) is 0 Å². The van der Waals surface area contributed by atoms with Gasteiger partial charge < -0.3 is 4.74 Å². The molecule has 0 rings (SSSR count). The van der Waals surface area contributed by atoms with Crippen molar-refractivity contribution in [3.05, 3.63) is 12.3 Å². The summed E-state index contributed by atoms with van der Waals surface area (Å²) in [6.07, 6.45) is 4.93. The van der Waals surface area contributed by atoms with E-state index in [1.54, 1.807) is 6.26 Å². The Morgan fingerprint density at radius 2 is 1.90 bits per heavy atom. The molecule has 0 saturated carbocycles. The van der Waals surface area contributed by atoms with Crippen LogP contribution in [0.15, 0.2) is 12.3 Å². The molecular formula is C9H18O. The first-order valence-electron chi connectivity index (χ1n) is 3.83. The van der Waals surface area contributed by atoms with Crippen molar-refractivity contribution in [3.63, 3.8) is 0 Å². The van der Waals surface area contributed by atoms with Gasteiger partial charge in [-0.2, -0.15) is 0 Å². The molecule has 0 atom stereocenters. The van der Waals surface area contributed by atoms with E-state index in [9.17, 15) is 0 Å². The second-order valence-electron chi connectivity index (χ2n) is 3.59. The van der Waals surface area contributed by atoms with Gasteiger partial charge in [0.1, 0.15) is 0 Å². The summed E-state index contributed by atoms with van der Waals surface area (Å²) in [6, 6.07) is 0. The van der Waals surface area contributed by atoms with E-state index in [2.05, 4.69) is 26.8 Å². The molecule has 0 amide bonds. The Bertz CT molecular complexity index is 97.8. The van der Waals surface area contributed by atoms with E-state index < -0.39 is 0 Å². The molecule has 0 aliphatic rings. The van der Waals surface area contributed by atoms with Crippen LogP contribution >= 0.6 is 0 Å². The van der Waals surface area contributed by atoms with Crippen molar-refractivity contribution in [2.75, 3.05) is 6.61 Å². The van der Waals surface area contributed by atoms with Gasteiger partial charge in [0, 0.05) is 0 Å². The number of rotatable bonds is 3. The van der Waals surface area contributed by atoms with Gasteiger partial charge in [-0.1, -0.05) is 20.8 Å². The van der Waals surface area contributed by atoms with Crippen LogP contribution in [0.5, 0.6) is 0 Å². The Morgan fingerprint density at radius 3 is 2.30 bits per heavy atom. The van der Waals surface area contributed by atoms with Gasteiger partial charge in [-0.25, -0.2) is 0 Å². The summed E-state index contributed by atoms with van der Waals surface area (Å²) in [5.74, 6) is 0.